The number of thioether (sulfide) groups is 1. The van der Waals surface area contributed by atoms with Crippen LogP contribution in [0.15, 0.2) is 51.8 Å². The van der Waals surface area contributed by atoms with Crippen molar-refractivity contribution in [1.29, 1.82) is 0 Å². The lowest BCUT2D eigenvalue weighted by Crippen LogP contribution is -2.01. The number of benzene rings is 2. The SMILES string of the molecule is COc1cccc(C(O)CSc2cc(Br)ccc2N)c1. The van der Waals surface area contributed by atoms with Gasteiger partial charge in [-0.2, -0.15) is 0 Å². The second-order valence-corrected chi connectivity index (χ2v) is 6.26. The fourth-order valence-electron chi connectivity index (χ4n) is 1.75. The monoisotopic (exact) mass is 353 g/mol. The van der Waals surface area contributed by atoms with E-state index in [-0.39, 0.29) is 0 Å². The third-order valence-corrected chi connectivity index (χ3v) is 4.49. The Hall–Kier alpha value is -1.17. The Morgan fingerprint density at radius 2 is 2.10 bits per heavy atom. The predicted octanol–water partition coefficient (Wildman–Crippen LogP) is 3.87. The van der Waals surface area contributed by atoms with Crippen LogP contribution in [0.4, 0.5) is 5.69 Å². The van der Waals surface area contributed by atoms with Crippen LogP contribution >= 0.6 is 27.7 Å². The van der Waals surface area contributed by atoms with E-state index in [0.29, 0.717) is 5.75 Å². The van der Waals surface area contributed by atoms with Crippen molar-refractivity contribution in [3.8, 4) is 5.75 Å². The minimum Gasteiger partial charge on any atom is -0.497 e. The Bertz CT molecular complexity index is 592. The van der Waals surface area contributed by atoms with Crippen LogP contribution in [0.25, 0.3) is 0 Å². The highest BCUT2D eigenvalue weighted by atomic mass is 79.9. The van der Waals surface area contributed by atoms with Gasteiger partial charge in [0, 0.05) is 20.8 Å². The average Bonchev–Trinajstić information content (AvgIpc) is 2.48. The van der Waals surface area contributed by atoms with Crippen LogP contribution in [0.3, 0.4) is 0 Å². The number of halogens is 1. The Kier molecular flexibility index (Phi) is 5.34. The van der Waals surface area contributed by atoms with Gasteiger partial charge >= 0.3 is 0 Å². The molecule has 0 aromatic heterocycles. The summed E-state index contributed by atoms with van der Waals surface area (Å²) in [5, 5.41) is 10.2. The minimum atomic E-state index is -0.562. The standard InChI is InChI=1S/C15H16BrNO2S/c1-19-12-4-2-3-10(7-12)14(18)9-20-15-8-11(16)5-6-13(15)17/h2-8,14,18H,9,17H2,1H3. The molecule has 2 aromatic rings. The summed E-state index contributed by atoms with van der Waals surface area (Å²) in [5.74, 6) is 1.28. The molecule has 0 saturated heterocycles. The van der Waals surface area contributed by atoms with Crippen molar-refractivity contribution >= 4 is 33.4 Å². The molecule has 0 fully saturated rings. The van der Waals surface area contributed by atoms with Gasteiger partial charge in [-0.25, -0.2) is 0 Å². The second kappa shape index (κ2) is 7.02. The van der Waals surface area contributed by atoms with Gasteiger partial charge < -0.3 is 15.6 Å². The van der Waals surface area contributed by atoms with Gasteiger partial charge in [0.2, 0.25) is 0 Å². The molecule has 1 atom stereocenters. The fraction of sp³-hybridized carbons (Fsp3) is 0.200. The lowest BCUT2D eigenvalue weighted by atomic mass is 10.1. The highest BCUT2D eigenvalue weighted by Crippen LogP contribution is 2.31. The van der Waals surface area contributed by atoms with Crippen LogP contribution in [0, 0.1) is 0 Å². The number of ether oxygens (including phenoxy) is 1. The summed E-state index contributed by atoms with van der Waals surface area (Å²) >= 11 is 4.95. The molecule has 2 aromatic carbocycles. The van der Waals surface area contributed by atoms with Crippen LogP contribution in [0.5, 0.6) is 5.75 Å². The van der Waals surface area contributed by atoms with Crippen molar-refractivity contribution in [2.45, 2.75) is 11.0 Å². The molecule has 0 aliphatic heterocycles. The molecule has 5 heteroatoms. The fourth-order valence-corrected chi connectivity index (χ4v) is 3.23. The van der Waals surface area contributed by atoms with E-state index in [1.165, 1.54) is 11.8 Å². The molecule has 0 bridgehead atoms. The molecule has 0 saturated carbocycles. The molecular formula is C15H16BrNO2S. The van der Waals surface area contributed by atoms with Gasteiger partial charge in [0.25, 0.3) is 0 Å². The maximum absolute atomic E-state index is 10.2. The number of aliphatic hydroxyl groups excluding tert-OH is 1. The van der Waals surface area contributed by atoms with Crippen molar-refractivity contribution < 1.29 is 9.84 Å². The van der Waals surface area contributed by atoms with Crippen molar-refractivity contribution in [2.75, 3.05) is 18.6 Å². The van der Waals surface area contributed by atoms with Crippen molar-refractivity contribution in [3.63, 3.8) is 0 Å². The van der Waals surface area contributed by atoms with E-state index in [2.05, 4.69) is 15.9 Å². The maximum Gasteiger partial charge on any atom is 0.119 e. The Balaban J connectivity index is 2.04. The van der Waals surface area contributed by atoms with E-state index in [1.807, 2.05) is 42.5 Å². The van der Waals surface area contributed by atoms with Crippen molar-refractivity contribution in [1.82, 2.24) is 0 Å². The van der Waals surface area contributed by atoms with Gasteiger partial charge in [-0.15, -0.1) is 11.8 Å². The molecule has 0 amide bonds. The highest BCUT2D eigenvalue weighted by molar-refractivity contribution is 9.10. The molecule has 2 rings (SSSR count). The summed E-state index contributed by atoms with van der Waals surface area (Å²) in [6, 6.07) is 13.2. The lowest BCUT2D eigenvalue weighted by Gasteiger charge is -2.13. The first-order valence-electron chi connectivity index (χ1n) is 6.10. The number of hydrogen-bond acceptors (Lipinski definition) is 4. The minimum absolute atomic E-state index is 0.536. The number of rotatable bonds is 5. The van der Waals surface area contributed by atoms with Gasteiger partial charge in [0.15, 0.2) is 0 Å². The quantitative estimate of drug-likeness (QED) is 0.632. The molecular weight excluding hydrogens is 338 g/mol. The smallest absolute Gasteiger partial charge is 0.119 e. The number of nitrogens with two attached hydrogens (primary N) is 1. The molecule has 106 valence electrons. The number of aliphatic hydroxyl groups is 1. The van der Waals surface area contributed by atoms with E-state index < -0.39 is 6.10 Å². The first-order chi connectivity index (χ1) is 9.60. The number of nitrogen functional groups attached to an aromatic ring is 1. The normalized spacial score (nSPS) is 12.2. The van der Waals surface area contributed by atoms with E-state index in [0.717, 1.165) is 26.4 Å². The zero-order chi connectivity index (χ0) is 14.5. The van der Waals surface area contributed by atoms with E-state index in [9.17, 15) is 5.11 Å². The third kappa shape index (κ3) is 3.91. The highest BCUT2D eigenvalue weighted by Gasteiger charge is 2.10. The molecule has 0 radical (unpaired) electrons. The van der Waals surface area contributed by atoms with Gasteiger partial charge in [0.05, 0.1) is 13.2 Å². The maximum atomic E-state index is 10.2. The van der Waals surface area contributed by atoms with Gasteiger partial charge in [-0.05, 0) is 35.9 Å². The van der Waals surface area contributed by atoms with E-state index >= 15 is 0 Å². The number of methoxy groups -OCH3 is 1. The molecule has 0 aliphatic carbocycles. The van der Waals surface area contributed by atoms with E-state index in [1.54, 1.807) is 7.11 Å². The van der Waals surface area contributed by atoms with Crippen molar-refractivity contribution in [2.24, 2.45) is 0 Å². The first kappa shape index (κ1) is 15.2. The van der Waals surface area contributed by atoms with Crippen LogP contribution in [0.2, 0.25) is 0 Å². The zero-order valence-corrected chi connectivity index (χ0v) is 13.4. The second-order valence-electron chi connectivity index (χ2n) is 4.29. The summed E-state index contributed by atoms with van der Waals surface area (Å²) < 4.78 is 6.14. The number of anilines is 1. The van der Waals surface area contributed by atoms with Crippen molar-refractivity contribution in [3.05, 3.63) is 52.5 Å². The van der Waals surface area contributed by atoms with Crippen LogP contribution < -0.4 is 10.5 Å². The summed E-state index contributed by atoms with van der Waals surface area (Å²) in [7, 11) is 1.61. The lowest BCUT2D eigenvalue weighted by molar-refractivity contribution is 0.203. The van der Waals surface area contributed by atoms with Gasteiger partial charge in [0.1, 0.15) is 5.75 Å². The Labute approximate surface area is 131 Å². The molecule has 3 nitrogen and oxygen atoms in total. The average molecular weight is 354 g/mol. The third-order valence-electron chi connectivity index (χ3n) is 2.85. The van der Waals surface area contributed by atoms with Crippen LogP contribution in [0.1, 0.15) is 11.7 Å². The molecule has 1 unspecified atom stereocenters. The Morgan fingerprint density at radius 1 is 1.30 bits per heavy atom. The summed E-state index contributed by atoms with van der Waals surface area (Å²) in [4.78, 5) is 0.960. The van der Waals surface area contributed by atoms with Crippen LogP contribution in [-0.2, 0) is 0 Å². The summed E-state index contributed by atoms with van der Waals surface area (Å²) in [6.07, 6.45) is -0.562. The predicted molar refractivity (Wildman–Crippen MR) is 87.2 cm³/mol. The van der Waals surface area contributed by atoms with Crippen LogP contribution in [-0.4, -0.2) is 18.0 Å². The molecule has 0 aliphatic rings. The topological polar surface area (TPSA) is 55.5 Å². The number of hydrogen-bond donors (Lipinski definition) is 2. The summed E-state index contributed by atoms with van der Waals surface area (Å²) in [6.45, 7) is 0. The zero-order valence-electron chi connectivity index (χ0n) is 11.0. The summed E-state index contributed by atoms with van der Waals surface area (Å²) in [5.41, 5.74) is 7.47. The van der Waals surface area contributed by atoms with Gasteiger partial charge in [-0.1, -0.05) is 28.1 Å². The molecule has 0 spiro atoms. The molecule has 3 N–H and O–H groups in total. The largest absolute Gasteiger partial charge is 0.497 e. The first-order valence-corrected chi connectivity index (χ1v) is 7.88. The molecule has 20 heavy (non-hydrogen) atoms. The van der Waals surface area contributed by atoms with E-state index in [4.69, 9.17) is 10.5 Å². The Morgan fingerprint density at radius 3 is 2.85 bits per heavy atom. The molecule has 0 heterocycles. The van der Waals surface area contributed by atoms with Gasteiger partial charge in [-0.3, -0.25) is 0 Å².